The molecule has 4 rings (SSSR count). The third-order valence-electron chi connectivity index (χ3n) is 5.73. The normalized spacial score (nSPS) is 12.7. The largest absolute Gasteiger partial charge is 0.274 e. The summed E-state index contributed by atoms with van der Waals surface area (Å²) in [5.41, 5.74) is 4.81. The molecule has 0 aliphatic carbocycles. The van der Waals surface area contributed by atoms with Gasteiger partial charge in [-0.2, -0.15) is 0 Å². The fourth-order valence-electron chi connectivity index (χ4n) is 4.09. The van der Waals surface area contributed by atoms with Gasteiger partial charge in [-0.3, -0.25) is 14.5 Å². The van der Waals surface area contributed by atoms with Gasteiger partial charge in [0.25, 0.3) is 11.8 Å². The molecule has 0 bridgehead atoms. The molecule has 3 aromatic rings. The summed E-state index contributed by atoms with van der Waals surface area (Å²) >= 11 is 0. The van der Waals surface area contributed by atoms with Gasteiger partial charge in [-0.15, -0.1) is 0 Å². The van der Waals surface area contributed by atoms with Crippen molar-refractivity contribution in [2.75, 3.05) is 6.54 Å². The minimum absolute atomic E-state index is 0.154. The minimum Gasteiger partial charge on any atom is -0.274 e. The number of amides is 2. The van der Waals surface area contributed by atoms with Crippen LogP contribution >= 0.6 is 0 Å². The topological polar surface area (TPSA) is 37.4 Å². The van der Waals surface area contributed by atoms with E-state index in [1.54, 1.807) is 24.3 Å². The van der Waals surface area contributed by atoms with Crippen molar-refractivity contribution >= 4 is 17.4 Å². The van der Waals surface area contributed by atoms with Crippen LogP contribution in [0.25, 0.3) is 5.57 Å². The van der Waals surface area contributed by atoms with E-state index < -0.39 is 0 Å². The Balaban J connectivity index is 1.26. The molecule has 3 aromatic carbocycles. The molecule has 0 aromatic heterocycles. The number of rotatable bonds is 9. The van der Waals surface area contributed by atoms with Crippen molar-refractivity contribution in [2.45, 2.75) is 32.1 Å². The van der Waals surface area contributed by atoms with Crippen LogP contribution in [-0.4, -0.2) is 23.3 Å². The molecule has 0 N–H and O–H groups in total. The lowest BCUT2D eigenvalue weighted by Crippen LogP contribution is -2.30. The van der Waals surface area contributed by atoms with Gasteiger partial charge in [-0.1, -0.05) is 91.7 Å². The van der Waals surface area contributed by atoms with Gasteiger partial charge in [0.15, 0.2) is 0 Å². The molecule has 0 saturated carbocycles. The van der Waals surface area contributed by atoms with Gasteiger partial charge in [0.1, 0.15) is 0 Å². The van der Waals surface area contributed by atoms with Crippen LogP contribution in [0.15, 0.2) is 91.0 Å². The second-order valence-corrected chi connectivity index (χ2v) is 7.86. The summed E-state index contributed by atoms with van der Waals surface area (Å²) < 4.78 is 0. The molecular weight excluding hydrogens is 382 g/mol. The molecule has 0 spiro atoms. The molecule has 3 heteroatoms. The van der Waals surface area contributed by atoms with E-state index in [1.807, 2.05) is 12.1 Å². The van der Waals surface area contributed by atoms with Crippen LogP contribution in [0, 0.1) is 0 Å². The Bertz CT molecular complexity index is 994. The molecule has 1 aliphatic heterocycles. The average molecular weight is 410 g/mol. The van der Waals surface area contributed by atoms with E-state index in [1.165, 1.54) is 21.6 Å². The molecule has 31 heavy (non-hydrogen) atoms. The van der Waals surface area contributed by atoms with E-state index in [-0.39, 0.29) is 11.8 Å². The Morgan fingerprint density at radius 1 is 0.613 bits per heavy atom. The second-order valence-electron chi connectivity index (χ2n) is 7.86. The SMILES string of the molecule is O=C1c2ccccc2C(=O)N1CCCCCCC=C(c1ccccc1)c1ccccc1. The molecule has 0 saturated heterocycles. The van der Waals surface area contributed by atoms with Crippen molar-refractivity contribution in [2.24, 2.45) is 0 Å². The first-order chi connectivity index (χ1) is 15.3. The maximum atomic E-state index is 12.4. The van der Waals surface area contributed by atoms with Gasteiger partial charge in [-0.25, -0.2) is 0 Å². The van der Waals surface area contributed by atoms with Crippen LogP contribution in [0.4, 0.5) is 0 Å². The standard InChI is InChI=1S/C28H27NO2/c30-27-25-19-11-12-20-26(25)28(31)29(27)21-13-3-1-2-10-18-24(22-14-6-4-7-15-22)23-16-8-5-9-17-23/h4-9,11-12,14-20H,1-3,10,13,21H2. The first kappa shape index (κ1) is 20.8. The quantitative estimate of drug-likeness (QED) is 0.304. The zero-order valence-electron chi connectivity index (χ0n) is 17.7. The third kappa shape index (κ3) is 4.83. The molecule has 156 valence electrons. The summed E-state index contributed by atoms with van der Waals surface area (Å²) in [4.78, 5) is 26.2. The highest BCUT2D eigenvalue weighted by atomic mass is 16.2. The summed E-state index contributed by atoms with van der Waals surface area (Å²) in [6, 6.07) is 28.1. The molecule has 0 unspecified atom stereocenters. The van der Waals surface area contributed by atoms with Gasteiger partial charge >= 0.3 is 0 Å². The van der Waals surface area contributed by atoms with Gasteiger partial charge in [-0.05, 0) is 48.1 Å². The number of benzene rings is 3. The number of allylic oxidation sites excluding steroid dienone is 1. The lowest BCUT2D eigenvalue weighted by Gasteiger charge is -2.13. The number of fused-ring (bicyclic) bond motifs is 1. The van der Waals surface area contributed by atoms with Crippen LogP contribution in [0.5, 0.6) is 0 Å². The summed E-state index contributed by atoms with van der Waals surface area (Å²) in [6.07, 6.45) is 7.36. The van der Waals surface area contributed by atoms with Crippen LogP contribution in [0.2, 0.25) is 0 Å². The van der Waals surface area contributed by atoms with Gasteiger partial charge in [0.2, 0.25) is 0 Å². The molecule has 1 aliphatic rings. The van der Waals surface area contributed by atoms with Gasteiger partial charge in [0, 0.05) is 6.54 Å². The molecule has 1 heterocycles. The fraction of sp³-hybridized carbons (Fsp3) is 0.214. The predicted octanol–water partition coefficient (Wildman–Crippen LogP) is 6.37. The van der Waals surface area contributed by atoms with E-state index in [9.17, 15) is 9.59 Å². The Hall–Kier alpha value is -3.46. The highest BCUT2D eigenvalue weighted by Gasteiger charge is 2.34. The van der Waals surface area contributed by atoms with Crippen molar-refractivity contribution in [1.29, 1.82) is 0 Å². The third-order valence-corrected chi connectivity index (χ3v) is 5.73. The molecule has 0 radical (unpaired) electrons. The van der Waals surface area contributed by atoms with E-state index in [2.05, 4.69) is 54.6 Å². The molecule has 0 atom stereocenters. The van der Waals surface area contributed by atoms with Crippen LogP contribution in [0.3, 0.4) is 0 Å². The maximum Gasteiger partial charge on any atom is 0.261 e. The summed E-state index contributed by atoms with van der Waals surface area (Å²) in [5, 5.41) is 0. The number of hydrogen-bond donors (Lipinski definition) is 0. The smallest absolute Gasteiger partial charge is 0.261 e. The fourth-order valence-corrected chi connectivity index (χ4v) is 4.09. The Morgan fingerprint density at radius 2 is 1.10 bits per heavy atom. The number of hydrogen-bond acceptors (Lipinski definition) is 2. The Kier molecular flexibility index (Phi) is 6.73. The van der Waals surface area contributed by atoms with Gasteiger partial charge in [0.05, 0.1) is 11.1 Å². The first-order valence-corrected chi connectivity index (χ1v) is 11.0. The van der Waals surface area contributed by atoms with Crippen molar-refractivity contribution < 1.29 is 9.59 Å². The van der Waals surface area contributed by atoms with Crippen molar-refractivity contribution in [3.8, 4) is 0 Å². The Labute approximate surface area is 184 Å². The highest BCUT2D eigenvalue weighted by molar-refractivity contribution is 6.21. The maximum absolute atomic E-state index is 12.4. The summed E-state index contributed by atoms with van der Waals surface area (Å²) in [5.74, 6) is -0.308. The lowest BCUT2D eigenvalue weighted by atomic mass is 9.96. The predicted molar refractivity (Wildman–Crippen MR) is 125 cm³/mol. The molecule has 0 fully saturated rings. The van der Waals surface area contributed by atoms with Crippen molar-refractivity contribution in [3.63, 3.8) is 0 Å². The van der Waals surface area contributed by atoms with E-state index >= 15 is 0 Å². The number of nitrogens with zero attached hydrogens (tertiary/aromatic N) is 1. The number of carbonyl (C=O) groups is 2. The lowest BCUT2D eigenvalue weighted by molar-refractivity contribution is 0.0651. The zero-order valence-corrected chi connectivity index (χ0v) is 17.7. The number of carbonyl (C=O) groups excluding carboxylic acids is 2. The number of imide groups is 1. The Morgan fingerprint density at radius 3 is 1.65 bits per heavy atom. The van der Waals surface area contributed by atoms with E-state index in [0.29, 0.717) is 17.7 Å². The monoisotopic (exact) mass is 409 g/mol. The molecule has 2 amide bonds. The average Bonchev–Trinajstić information content (AvgIpc) is 3.07. The highest BCUT2D eigenvalue weighted by Crippen LogP contribution is 2.25. The van der Waals surface area contributed by atoms with Crippen molar-refractivity contribution in [1.82, 2.24) is 4.90 Å². The van der Waals surface area contributed by atoms with Crippen molar-refractivity contribution in [3.05, 3.63) is 113 Å². The molecule has 3 nitrogen and oxygen atoms in total. The van der Waals surface area contributed by atoms with E-state index in [0.717, 1.165) is 32.1 Å². The van der Waals surface area contributed by atoms with Crippen LogP contribution < -0.4 is 0 Å². The van der Waals surface area contributed by atoms with Crippen LogP contribution in [0.1, 0.15) is 63.9 Å². The second kappa shape index (κ2) is 10.0. The first-order valence-electron chi connectivity index (χ1n) is 11.0. The molecular formula is C28H27NO2. The van der Waals surface area contributed by atoms with Crippen LogP contribution in [-0.2, 0) is 0 Å². The van der Waals surface area contributed by atoms with Gasteiger partial charge < -0.3 is 0 Å². The minimum atomic E-state index is -0.154. The summed E-state index contributed by atoms with van der Waals surface area (Å²) in [7, 11) is 0. The van der Waals surface area contributed by atoms with E-state index in [4.69, 9.17) is 0 Å². The zero-order chi connectivity index (χ0) is 21.5. The number of unbranched alkanes of at least 4 members (excludes halogenated alkanes) is 4. The summed E-state index contributed by atoms with van der Waals surface area (Å²) in [6.45, 7) is 0.501.